The van der Waals surface area contributed by atoms with Crippen molar-refractivity contribution >= 4 is 22.6 Å². The second-order valence-corrected chi connectivity index (χ2v) is 4.22. The van der Waals surface area contributed by atoms with E-state index in [9.17, 15) is 0 Å². The average Bonchev–Trinajstić information content (AvgIpc) is 2.73. The van der Waals surface area contributed by atoms with Crippen LogP contribution in [0.3, 0.4) is 0 Å². The molecule has 0 aliphatic heterocycles. The van der Waals surface area contributed by atoms with Gasteiger partial charge in [-0.05, 0) is 17.2 Å². The molecule has 0 bridgehead atoms. The quantitative estimate of drug-likeness (QED) is 0.754. The van der Waals surface area contributed by atoms with Crippen molar-refractivity contribution in [3.8, 4) is 0 Å². The van der Waals surface area contributed by atoms with Crippen LogP contribution >= 0.6 is 11.6 Å². The van der Waals surface area contributed by atoms with Crippen molar-refractivity contribution in [1.82, 2.24) is 19.9 Å². The molecule has 0 aliphatic rings. The highest BCUT2D eigenvalue weighted by Gasteiger charge is 2.06. The summed E-state index contributed by atoms with van der Waals surface area (Å²) in [6, 6.07) is 1.92. The van der Waals surface area contributed by atoms with Crippen molar-refractivity contribution in [2.75, 3.05) is 0 Å². The van der Waals surface area contributed by atoms with Gasteiger partial charge in [0, 0.05) is 36.6 Å². The monoisotopic (exact) mass is 244 g/mol. The third-order valence-corrected chi connectivity index (χ3v) is 2.80. The third-order valence-electron chi connectivity index (χ3n) is 2.59. The summed E-state index contributed by atoms with van der Waals surface area (Å²) in [5, 5.41) is 1.68. The Morgan fingerprint density at radius 2 is 2.00 bits per heavy atom. The van der Waals surface area contributed by atoms with E-state index >= 15 is 0 Å². The van der Waals surface area contributed by atoms with Gasteiger partial charge in [-0.15, -0.1) is 0 Å². The van der Waals surface area contributed by atoms with Crippen LogP contribution < -0.4 is 0 Å². The molecule has 0 saturated heterocycles. The van der Waals surface area contributed by atoms with Crippen molar-refractivity contribution in [3.63, 3.8) is 0 Å². The molecule has 5 heteroatoms. The van der Waals surface area contributed by atoms with Crippen molar-refractivity contribution in [3.05, 3.63) is 53.3 Å². The van der Waals surface area contributed by atoms with Crippen molar-refractivity contribution in [1.29, 1.82) is 0 Å². The highest BCUT2D eigenvalue weighted by molar-refractivity contribution is 6.31. The lowest BCUT2D eigenvalue weighted by Crippen LogP contribution is -1.89. The first-order chi connectivity index (χ1) is 8.33. The summed E-state index contributed by atoms with van der Waals surface area (Å²) >= 11 is 5.95. The van der Waals surface area contributed by atoms with Crippen LogP contribution in [0.4, 0.5) is 0 Å². The van der Waals surface area contributed by atoms with Gasteiger partial charge in [-0.25, -0.2) is 15.0 Å². The first kappa shape index (κ1) is 10.2. The Hall–Kier alpha value is -1.94. The predicted molar refractivity (Wildman–Crippen MR) is 65.9 cm³/mol. The number of H-pyrrole nitrogens is 1. The van der Waals surface area contributed by atoms with E-state index in [0.717, 1.165) is 28.6 Å². The minimum atomic E-state index is 0.641. The van der Waals surface area contributed by atoms with Gasteiger partial charge >= 0.3 is 0 Å². The Kier molecular flexibility index (Phi) is 2.49. The fourth-order valence-corrected chi connectivity index (χ4v) is 1.98. The number of hydrogen-bond acceptors (Lipinski definition) is 3. The Bertz CT molecular complexity index is 648. The molecule has 0 radical (unpaired) electrons. The summed E-state index contributed by atoms with van der Waals surface area (Å²) in [4.78, 5) is 15.3. The minimum absolute atomic E-state index is 0.641. The van der Waals surface area contributed by atoms with Crippen LogP contribution in [0.2, 0.25) is 5.02 Å². The van der Waals surface area contributed by atoms with E-state index in [1.165, 1.54) is 6.33 Å². The second kappa shape index (κ2) is 4.14. The predicted octanol–water partition coefficient (Wildman–Crippen LogP) is 2.60. The summed E-state index contributed by atoms with van der Waals surface area (Å²) in [5.41, 5.74) is 3.06. The Morgan fingerprint density at radius 1 is 1.18 bits per heavy atom. The summed E-state index contributed by atoms with van der Waals surface area (Å²) in [5.74, 6) is 0. The molecule has 0 amide bonds. The molecule has 0 spiro atoms. The zero-order valence-electron chi connectivity index (χ0n) is 8.89. The van der Waals surface area contributed by atoms with E-state index in [-0.39, 0.29) is 0 Å². The van der Waals surface area contributed by atoms with Crippen LogP contribution in [0.25, 0.3) is 11.0 Å². The average molecular weight is 245 g/mol. The molecule has 4 nitrogen and oxygen atoms in total. The van der Waals surface area contributed by atoms with E-state index in [0.29, 0.717) is 5.02 Å². The number of rotatable bonds is 2. The fourth-order valence-electron chi connectivity index (χ4n) is 1.82. The number of aromatic nitrogens is 4. The van der Waals surface area contributed by atoms with Gasteiger partial charge in [-0.3, -0.25) is 0 Å². The molecule has 0 unspecified atom stereocenters. The first-order valence-electron chi connectivity index (χ1n) is 5.18. The van der Waals surface area contributed by atoms with Gasteiger partial charge < -0.3 is 4.98 Å². The van der Waals surface area contributed by atoms with Crippen molar-refractivity contribution < 1.29 is 0 Å². The topological polar surface area (TPSA) is 54.5 Å². The SMILES string of the molecule is Clc1cnc2[nH]cc(Cc3cncnc3)c2c1. The maximum Gasteiger partial charge on any atom is 0.137 e. The zero-order chi connectivity index (χ0) is 11.7. The molecule has 3 aromatic rings. The lowest BCUT2D eigenvalue weighted by molar-refractivity contribution is 1.08. The number of pyridine rings is 1. The molecule has 0 atom stereocenters. The number of hydrogen-bond donors (Lipinski definition) is 1. The van der Waals surface area contributed by atoms with Crippen molar-refractivity contribution in [2.45, 2.75) is 6.42 Å². The molecule has 3 rings (SSSR count). The summed E-state index contributed by atoms with van der Waals surface area (Å²) in [6.07, 6.45) is 9.49. The summed E-state index contributed by atoms with van der Waals surface area (Å²) in [7, 11) is 0. The highest BCUT2D eigenvalue weighted by Crippen LogP contribution is 2.22. The largest absolute Gasteiger partial charge is 0.346 e. The highest BCUT2D eigenvalue weighted by atomic mass is 35.5. The smallest absolute Gasteiger partial charge is 0.137 e. The molecule has 0 aliphatic carbocycles. The molecule has 0 saturated carbocycles. The molecule has 3 aromatic heterocycles. The summed E-state index contributed by atoms with van der Waals surface area (Å²) < 4.78 is 0. The van der Waals surface area contributed by atoms with E-state index in [1.54, 1.807) is 6.20 Å². The van der Waals surface area contributed by atoms with E-state index in [4.69, 9.17) is 11.6 Å². The van der Waals surface area contributed by atoms with Gasteiger partial charge in [0.15, 0.2) is 0 Å². The maximum atomic E-state index is 5.95. The minimum Gasteiger partial charge on any atom is -0.346 e. The van der Waals surface area contributed by atoms with Gasteiger partial charge in [0.25, 0.3) is 0 Å². The van der Waals surface area contributed by atoms with Crippen LogP contribution in [0.1, 0.15) is 11.1 Å². The fraction of sp³-hybridized carbons (Fsp3) is 0.0833. The van der Waals surface area contributed by atoms with Crippen LogP contribution in [0.15, 0.2) is 37.2 Å². The van der Waals surface area contributed by atoms with Crippen molar-refractivity contribution in [2.24, 2.45) is 0 Å². The molecular formula is C12H9ClN4. The molecular weight excluding hydrogens is 236 g/mol. The van der Waals surface area contributed by atoms with Gasteiger partial charge in [-0.2, -0.15) is 0 Å². The third kappa shape index (κ3) is 1.99. The van der Waals surface area contributed by atoms with Gasteiger partial charge in [-0.1, -0.05) is 11.6 Å². The number of halogens is 1. The molecule has 3 heterocycles. The van der Waals surface area contributed by atoms with Crippen LogP contribution in [0, 0.1) is 0 Å². The molecule has 84 valence electrons. The Balaban J connectivity index is 2.03. The van der Waals surface area contributed by atoms with Gasteiger partial charge in [0.2, 0.25) is 0 Å². The molecule has 1 N–H and O–H groups in total. The van der Waals surface area contributed by atoms with E-state index < -0.39 is 0 Å². The Morgan fingerprint density at radius 3 is 2.82 bits per heavy atom. The summed E-state index contributed by atoms with van der Waals surface area (Å²) in [6.45, 7) is 0. The standard InChI is InChI=1S/C12H9ClN4/c13-10-2-11-9(5-16-12(11)17-6-10)1-8-3-14-7-15-4-8/h2-7H,1H2,(H,16,17). The van der Waals surface area contributed by atoms with Gasteiger partial charge in [0.05, 0.1) is 5.02 Å². The zero-order valence-corrected chi connectivity index (χ0v) is 9.65. The normalized spacial score (nSPS) is 10.9. The van der Waals surface area contributed by atoms with Crippen LogP contribution in [-0.2, 0) is 6.42 Å². The molecule has 17 heavy (non-hydrogen) atoms. The second-order valence-electron chi connectivity index (χ2n) is 3.79. The number of nitrogens with one attached hydrogen (secondary N) is 1. The first-order valence-corrected chi connectivity index (χ1v) is 5.56. The van der Waals surface area contributed by atoms with Gasteiger partial charge in [0.1, 0.15) is 12.0 Å². The van der Waals surface area contributed by atoms with E-state index in [1.807, 2.05) is 24.7 Å². The molecule has 0 aromatic carbocycles. The van der Waals surface area contributed by atoms with E-state index in [2.05, 4.69) is 19.9 Å². The van der Waals surface area contributed by atoms with Crippen LogP contribution in [-0.4, -0.2) is 19.9 Å². The number of aromatic amines is 1. The Labute approximate surface area is 103 Å². The maximum absolute atomic E-state index is 5.95. The number of nitrogens with zero attached hydrogens (tertiary/aromatic N) is 3. The lowest BCUT2D eigenvalue weighted by atomic mass is 10.1. The lowest BCUT2D eigenvalue weighted by Gasteiger charge is -1.98. The molecule has 0 fully saturated rings. The number of fused-ring (bicyclic) bond motifs is 1. The van der Waals surface area contributed by atoms with Crippen LogP contribution in [0.5, 0.6) is 0 Å².